The van der Waals surface area contributed by atoms with Crippen molar-refractivity contribution in [2.24, 2.45) is 0 Å². The van der Waals surface area contributed by atoms with Gasteiger partial charge in [-0.25, -0.2) is 19.2 Å². The van der Waals surface area contributed by atoms with Crippen molar-refractivity contribution in [2.75, 3.05) is 23.3 Å². The van der Waals surface area contributed by atoms with Crippen molar-refractivity contribution in [3.63, 3.8) is 0 Å². The highest BCUT2D eigenvalue weighted by atomic mass is 19.1. The zero-order valence-electron chi connectivity index (χ0n) is 11.9. The topological polar surface area (TPSA) is 70.2 Å². The molecule has 0 aromatic carbocycles. The second-order valence-corrected chi connectivity index (χ2v) is 5.08. The van der Waals surface area contributed by atoms with E-state index in [0.717, 1.165) is 25.0 Å². The standard InChI is InChI=1S/C15H16FN5O/c16-11-4-5-13(18-9-11)20-15(22)19-12-6-8-21(10-12)14-3-1-2-7-17-14/h1-5,7,9,12H,6,8,10H2,(H2,18,19,20,22)/t12-/m1/s1. The number of aromatic nitrogens is 2. The molecule has 1 aliphatic rings. The van der Waals surface area contributed by atoms with Gasteiger partial charge in [0.05, 0.1) is 6.20 Å². The van der Waals surface area contributed by atoms with Crippen LogP contribution in [0.4, 0.5) is 20.8 Å². The number of halogens is 1. The van der Waals surface area contributed by atoms with E-state index in [2.05, 4.69) is 25.5 Å². The molecule has 3 rings (SSSR count). The first-order valence-corrected chi connectivity index (χ1v) is 7.06. The fraction of sp³-hybridized carbons (Fsp3) is 0.267. The Morgan fingerprint density at radius 3 is 2.91 bits per heavy atom. The Balaban J connectivity index is 1.51. The van der Waals surface area contributed by atoms with Gasteiger partial charge in [0, 0.05) is 25.3 Å². The molecular formula is C15H16FN5O. The van der Waals surface area contributed by atoms with Gasteiger partial charge >= 0.3 is 6.03 Å². The monoisotopic (exact) mass is 301 g/mol. The van der Waals surface area contributed by atoms with Crippen molar-refractivity contribution in [3.8, 4) is 0 Å². The molecule has 6 nitrogen and oxygen atoms in total. The van der Waals surface area contributed by atoms with E-state index in [0.29, 0.717) is 12.4 Å². The molecule has 1 atom stereocenters. The van der Waals surface area contributed by atoms with Gasteiger partial charge in [0.1, 0.15) is 17.5 Å². The summed E-state index contributed by atoms with van der Waals surface area (Å²) < 4.78 is 12.8. The van der Waals surface area contributed by atoms with Crippen molar-refractivity contribution in [3.05, 3.63) is 48.5 Å². The quantitative estimate of drug-likeness (QED) is 0.910. The smallest absolute Gasteiger partial charge is 0.320 e. The Morgan fingerprint density at radius 1 is 1.27 bits per heavy atom. The molecule has 1 saturated heterocycles. The summed E-state index contributed by atoms with van der Waals surface area (Å²) in [4.78, 5) is 22.1. The van der Waals surface area contributed by atoms with Crippen molar-refractivity contribution in [1.29, 1.82) is 0 Å². The summed E-state index contributed by atoms with van der Waals surface area (Å²) in [6.07, 6.45) is 3.66. The van der Waals surface area contributed by atoms with Gasteiger partial charge in [-0.2, -0.15) is 0 Å². The third-order valence-electron chi connectivity index (χ3n) is 3.47. The fourth-order valence-electron chi connectivity index (χ4n) is 2.41. The van der Waals surface area contributed by atoms with Crippen molar-refractivity contribution in [1.82, 2.24) is 15.3 Å². The van der Waals surface area contributed by atoms with Crippen LogP contribution < -0.4 is 15.5 Å². The van der Waals surface area contributed by atoms with Gasteiger partial charge in [-0.15, -0.1) is 0 Å². The Morgan fingerprint density at radius 2 is 2.18 bits per heavy atom. The van der Waals surface area contributed by atoms with Crippen LogP contribution in [0.2, 0.25) is 0 Å². The Kier molecular flexibility index (Phi) is 4.13. The summed E-state index contributed by atoms with van der Waals surface area (Å²) in [5.41, 5.74) is 0. The molecule has 0 unspecified atom stereocenters. The lowest BCUT2D eigenvalue weighted by Crippen LogP contribution is -2.40. The highest BCUT2D eigenvalue weighted by molar-refractivity contribution is 5.88. The summed E-state index contributed by atoms with van der Waals surface area (Å²) in [5, 5.41) is 5.48. The summed E-state index contributed by atoms with van der Waals surface area (Å²) >= 11 is 0. The first-order valence-electron chi connectivity index (χ1n) is 7.06. The van der Waals surface area contributed by atoms with Crippen LogP contribution in [0.15, 0.2) is 42.7 Å². The van der Waals surface area contributed by atoms with Crippen LogP contribution in [0.1, 0.15) is 6.42 Å². The second-order valence-electron chi connectivity index (χ2n) is 5.08. The number of rotatable bonds is 3. The number of hydrogen-bond donors (Lipinski definition) is 2. The molecule has 0 aliphatic carbocycles. The van der Waals surface area contributed by atoms with Crippen molar-refractivity contribution >= 4 is 17.7 Å². The predicted octanol–water partition coefficient (Wildman–Crippen LogP) is 2.02. The maximum atomic E-state index is 12.8. The average molecular weight is 301 g/mol. The zero-order valence-corrected chi connectivity index (χ0v) is 11.9. The number of urea groups is 1. The van der Waals surface area contributed by atoms with Crippen LogP contribution in [0.25, 0.3) is 0 Å². The maximum Gasteiger partial charge on any atom is 0.320 e. The minimum Gasteiger partial charge on any atom is -0.354 e. The van der Waals surface area contributed by atoms with E-state index in [-0.39, 0.29) is 12.1 Å². The predicted molar refractivity (Wildman–Crippen MR) is 81.2 cm³/mol. The van der Waals surface area contributed by atoms with Gasteiger partial charge in [-0.05, 0) is 30.7 Å². The molecule has 22 heavy (non-hydrogen) atoms. The van der Waals surface area contributed by atoms with Gasteiger partial charge in [-0.1, -0.05) is 6.07 Å². The van der Waals surface area contributed by atoms with E-state index in [9.17, 15) is 9.18 Å². The van der Waals surface area contributed by atoms with Crippen LogP contribution in [-0.2, 0) is 0 Å². The molecular weight excluding hydrogens is 285 g/mol. The van der Waals surface area contributed by atoms with E-state index < -0.39 is 5.82 Å². The molecule has 1 aliphatic heterocycles. The summed E-state index contributed by atoms with van der Waals surface area (Å²) in [6.45, 7) is 1.55. The SMILES string of the molecule is O=C(Nc1ccc(F)cn1)N[C@@H]1CCN(c2ccccn2)C1. The molecule has 2 amide bonds. The molecule has 7 heteroatoms. The lowest BCUT2D eigenvalue weighted by molar-refractivity contribution is 0.249. The lowest BCUT2D eigenvalue weighted by atomic mass is 10.3. The molecule has 0 saturated carbocycles. The molecule has 114 valence electrons. The first kappa shape index (κ1) is 14.2. The highest BCUT2D eigenvalue weighted by Gasteiger charge is 2.24. The summed E-state index contributed by atoms with van der Waals surface area (Å²) in [7, 11) is 0. The molecule has 1 fully saturated rings. The number of nitrogens with zero attached hydrogens (tertiary/aromatic N) is 3. The normalized spacial score (nSPS) is 17.3. The summed E-state index contributed by atoms with van der Waals surface area (Å²) in [5.74, 6) is 0.790. The third-order valence-corrected chi connectivity index (χ3v) is 3.47. The van der Waals surface area contributed by atoms with Crippen molar-refractivity contribution < 1.29 is 9.18 Å². The molecule has 0 radical (unpaired) electrons. The minimum absolute atomic E-state index is 0.0439. The zero-order chi connectivity index (χ0) is 15.4. The van der Waals surface area contributed by atoms with E-state index in [1.165, 1.54) is 12.1 Å². The van der Waals surface area contributed by atoms with E-state index in [1.807, 2.05) is 18.2 Å². The Labute approximate surface area is 127 Å². The summed E-state index contributed by atoms with van der Waals surface area (Å²) in [6, 6.07) is 8.14. The lowest BCUT2D eigenvalue weighted by Gasteiger charge is -2.17. The number of carbonyl (C=O) groups excluding carboxylic acids is 1. The van der Waals surface area contributed by atoms with Gasteiger partial charge in [-0.3, -0.25) is 5.32 Å². The van der Waals surface area contributed by atoms with Gasteiger partial charge in [0.25, 0.3) is 0 Å². The van der Waals surface area contributed by atoms with Gasteiger partial charge in [0.2, 0.25) is 0 Å². The number of nitrogens with one attached hydrogen (secondary N) is 2. The van der Waals surface area contributed by atoms with Crippen molar-refractivity contribution in [2.45, 2.75) is 12.5 Å². The van der Waals surface area contributed by atoms with Gasteiger partial charge < -0.3 is 10.2 Å². The number of pyridine rings is 2. The number of hydrogen-bond acceptors (Lipinski definition) is 4. The van der Waals surface area contributed by atoms with Crippen LogP contribution in [0.3, 0.4) is 0 Å². The third kappa shape index (κ3) is 3.49. The molecule has 0 spiro atoms. The molecule has 0 bridgehead atoms. The molecule has 2 N–H and O–H groups in total. The number of amides is 2. The minimum atomic E-state index is -0.437. The van der Waals surface area contributed by atoms with Crippen LogP contribution >= 0.6 is 0 Å². The van der Waals surface area contributed by atoms with Crippen LogP contribution in [0.5, 0.6) is 0 Å². The van der Waals surface area contributed by atoms with Gasteiger partial charge in [0.15, 0.2) is 0 Å². The average Bonchev–Trinajstić information content (AvgIpc) is 2.99. The molecule has 3 heterocycles. The maximum absolute atomic E-state index is 12.8. The number of carbonyl (C=O) groups is 1. The Bertz CT molecular complexity index is 634. The second kappa shape index (κ2) is 6.38. The fourth-order valence-corrected chi connectivity index (χ4v) is 2.41. The molecule has 2 aromatic heterocycles. The highest BCUT2D eigenvalue weighted by Crippen LogP contribution is 2.17. The van der Waals surface area contributed by atoms with E-state index in [4.69, 9.17) is 0 Å². The number of anilines is 2. The van der Waals surface area contributed by atoms with E-state index in [1.54, 1.807) is 6.20 Å². The largest absolute Gasteiger partial charge is 0.354 e. The van der Waals surface area contributed by atoms with Crippen LogP contribution in [-0.4, -0.2) is 35.1 Å². The van der Waals surface area contributed by atoms with Crippen LogP contribution in [0, 0.1) is 5.82 Å². The Hall–Kier alpha value is -2.70. The molecule has 2 aromatic rings. The van der Waals surface area contributed by atoms with E-state index >= 15 is 0 Å². The first-order chi connectivity index (χ1) is 10.7.